The van der Waals surface area contributed by atoms with Crippen LogP contribution in [0.25, 0.3) is 0 Å². The summed E-state index contributed by atoms with van der Waals surface area (Å²) in [6.45, 7) is 8.42. The summed E-state index contributed by atoms with van der Waals surface area (Å²) < 4.78 is 5.16. The van der Waals surface area contributed by atoms with Gasteiger partial charge >= 0.3 is 0 Å². The molecule has 1 aromatic heterocycles. The highest BCUT2D eigenvalue weighted by Gasteiger charge is 2.13. The lowest BCUT2D eigenvalue weighted by Gasteiger charge is -2.02. The summed E-state index contributed by atoms with van der Waals surface area (Å²) >= 11 is 0. The third-order valence-electron chi connectivity index (χ3n) is 1.88. The molecule has 0 amide bonds. The Balaban J connectivity index is 3.07. The van der Waals surface area contributed by atoms with Crippen LogP contribution < -0.4 is 0 Å². The second-order valence-electron chi connectivity index (χ2n) is 3.11. The fraction of sp³-hybridized carbons (Fsp3) is 0.667. The summed E-state index contributed by atoms with van der Waals surface area (Å²) in [5, 5.41) is 3.93. The third-order valence-corrected chi connectivity index (χ3v) is 1.88. The van der Waals surface area contributed by atoms with Crippen LogP contribution in [0.4, 0.5) is 0 Å². The van der Waals surface area contributed by atoms with Gasteiger partial charge in [0.05, 0.1) is 5.69 Å². The van der Waals surface area contributed by atoms with Gasteiger partial charge in [-0.3, -0.25) is 0 Å². The highest BCUT2D eigenvalue weighted by Crippen LogP contribution is 2.22. The first-order chi connectivity index (χ1) is 5.16. The van der Waals surface area contributed by atoms with E-state index in [0.717, 1.165) is 17.9 Å². The molecule has 11 heavy (non-hydrogen) atoms. The van der Waals surface area contributed by atoms with Crippen molar-refractivity contribution >= 4 is 0 Å². The monoisotopic (exact) mass is 153 g/mol. The lowest BCUT2D eigenvalue weighted by molar-refractivity contribution is 0.381. The molecule has 0 saturated heterocycles. The molecule has 0 saturated carbocycles. The molecular formula is C9H15NO. The third kappa shape index (κ3) is 1.44. The predicted molar refractivity (Wildman–Crippen MR) is 44.7 cm³/mol. The van der Waals surface area contributed by atoms with E-state index in [0.29, 0.717) is 5.92 Å². The summed E-state index contributed by atoms with van der Waals surface area (Å²) in [5.74, 6) is 1.56. The molecule has 0 fully saturated rings. The van der Waals surface area contributed by atoms with E-state index >= 15 is 0 Å². The molecule has 1 heterocycles. The minimum atomic E-state index is 0.524. The zero-order valence-corrected chi connectivity index (χ0v) is 7.64. The maximum atomic E-state index is 5.16. The van der Waals surface area contributed by atoms with Gasteiger partial charge in [-0.25, -0.2) is 0 Å². The lowest BCUT2D eigenvalue weighted by Crippen LogP contribution is -1.92. The normalized spacial score (nSPS) is 11.0. The highest BCUT2D eigenvalue weighted by atomic mass is 16.5. The molecule has 2 nitrogen and oxygen atoms in total. The van der Waals surface area contributed by atoms with Crippen LogP contribution in [0.2, 0.25) is 0 Å². The average Bonchev–Trinajstić information content (AvgIpc) is 2.30. The van der Waals surface area contributed by atoms with Crippen molar-refractivity contribution in [2.24, 2.45) is 0 Å². The fourth-order valence-electron chi connectivity index (χ4n) is 1.42. The molecule has 0 N–H and O–H groups in total. The Morgan fingerprint density at radius 3 is 2.45 bits per heavy atom. The summed E-state index contributed by atoms with van der Waals surface area (Å²) in [5.41, 5.74) is 2.32. The summed E-state index contributed by atoms with van der Waals surface area (Å²) in [6.07, 6.45) is 0.939. The van der Waals surface area contributed by atoms with Gasteiger partial charge in [-0.05, 0) is 12.8 Å². The van der Waals surface area contributed by atoms with Gasteiger partial charge in [0.25, 0.3) is 0 Å². The van der Waals surface area contributed by atoms with Gasteiger partial charge < -0.3 is 4.52 Å². The van der Waals surface area contributed by atoms with Crippen LogP contribution >= 0.6 is 0 Å². The van der Waals surface area contributed by atoms with E-state index in [4.69, 9.17) is 4.52 Å². The van der Waals surface area contributed by atoms with Crippen LogP contribution in [0.1, 0.15) is 43.7 Å². The zero-order chi connectivity index (χ0) is 8.43. The first kappa shape index (κ1) is 8.31. The first-order valence-corrected chi connectivity index (χ1v) is 4.11. The van der Waals surface area contributed by atoms with Crippen molar-refractivity contribution in [2.45, 2.75) is 40.0 Å². The number of rotatable bonds is 2. The highest BCUT2D eigenvalue weighted by molar-refractivity contribution is 5.25. The van der Waals surface area contributed by atoms with Crippen molar-refractivity contribution in [3.8, 4) is 0 Å². The van der Waals surface area contributed by atoms with Crippen LogP contribution in [0, 0.1) is 6.92 Å². The van der Waals surface area contributed by atoms with Crippen LogP contribution in [-0.2, 0) is 6.42 Å². The molecule has 0 aliphatic rings. The standard InChI is InChI=1S/C9H15NO/c1-5-8-9(6(2)3)7(4)10-11-8/h6H,5H2,1-4H3. The molecule has 1 rings (SSSR count). The molecule has 0 aliphatic heterocycles. The molecule has 0 unspecified atom stereocenters. The van der Waals surface area contributed by atoms with Crippen molar-refractivity contribution in [3.63, 3.8) is 0 Å². The van der Waals surface area contributed by atoms with Crippen LogP contribution in [0.5, 0.6) is 0 Å². The van der Waals surface area contributed by atoms with E-state index in [9.17, 15) is 0 Å². The van der Waals surface area contributed by atoms with E-state index in [1.165, 1.54) is 5.56 Å². The maximum Gasteiger partial charge on any atom is 0.140 e. The minimum absolute atomic E-state index is 0.524. The molecule has 0 radical (unpaired) electrons. The Bertz CT molecular complexity index is 238. The second kappa shape index (κ2) is 3.07. The topological polar surface area (TPSA) is 26.0 Å². The van der Waals surface area contributed by atoms with Gasteiger partial charge in [0.15, 0.2) is 0 Å². The summed E-state index contributed by atoms with van der Waals surface area (Å²) in [7, 11) is 0. The molecular weight excluding hydrogens is 138 g/mol. The molecule has 0 spiro atoms. The van der Waals surface area contributed by atoms with E-state index in [1.807, 2.05) is 6.92 Å². The van der Waals surface area contributed by atoms with Gasteiger partial charge in [0.1, 0.15) is 5.76 Å². The Morgan fingerprint density at radius 1 is 1.45 bits per heavy atom. The van der Waals surface area contributed by atoms with Gasteiger partial charge in [-0.2, -0.15) is 0 Å². The average molecular weight is 153 g/mol. The largest absolute Gasteiger partial charge is 0.361 e. The van der Waals surface area contributed by atoms with Crippen molar-refractivity contribution in [1.29, 1.82) is 0 Å². The van der Waals surface area contributed by atoms with Crippen molar-refractivity contribution in [2.75, 3.05) is 0 Å². The number of aryl methyl sites for hydroxylation is 2. The lowest BCUT2D eigenvalue weighted by atomic mass is 10.0. The zero-order valence-electron chi connectivity index (χ0n) is 7.64. The molecule has 0 aromatic carbocycles. The second-order valence-corrected chi connectivity index (χ2v) is 3.11. The predicted octanol–water partition coefficient (Wildman–Crippen LogP) is 2.67. The van der Waals surface area contributed by atoms with E-state index in [1.54, 1.807) is 0 Å². The van der Waals surface area contributed by atoms with Crippen molar-refractivity contribution < 1.29 is 4.52 Å². The summed E-state index contributed by atoms with van der Waals surface area (Å²) in [4.78, 5) is 0. The molecule has 0 atom stereocenters. The van der Waals surface area contributed by atoms with Gasteiger partial charge in [-0.1, -0.05) is 25.9 Å². The van der Waals surface area contributed by atoms with Gasteiger partial charge in [0.2, 0.25) is 0 Å². The Kier molecular flexibility index (Phi) is 2.32. The molecule has 62 valence electrons. The van der Waals surface area contributed by atoms with Crippen molar-refractivity contribution in [1.82, 2.24) is 5.16 Å². The summed E-state index contributed by atoms with van der Waals surface area (Å²) in [6, 6.07) is 0. The van der Waals surface area contributed by atoms with Gasteiger partial charge in [-0.15, -0.1) is 0 Å². The van der Waals surface area contributed by atoms with E-state index in [-0.39, 0.29) is 0 Å². The Labute approximate surface area is 67.6 Å². The Morgan fingerprint density at radius 2 is 2.09 bits per heavy atom. The van der Waals surface area contributed by atoms with Crippen molar-refractivity contribution in [3.05, 3.63) is 17.0 Å². The fourth-order valence-corrected chi connectivity index (χ4v) is 1.42. The number of hydrogen-bond donors (Lipinski definition) is 0. The van der Waals surface area contributed by atoms with Crippen LogP contribution in [0.15, 0.2) is 4.52 Å². The number of aromatic nitrogens is 1. The number of nitrogens with zero attached hydrogens (tertiary/aromatic N) is 1. The van der Waals surface area contributed by atoms with E-state index < -0.39 is 0 Å². The van der Waals surface area contributed by atoms with Crippen LogP contribution in [-0.4, -0.2) is 5.16 Å². The minimum Gasteiger partial charge on any atom is -0.361 e. The maximum absolute atomic E-state index is 5.16. The van der Waals surface area contributed by atoms with E-state index in [2.05, 4.69) is 25.9 Å². The molecule has 0 aliphatic carbocycles. The Hall–Kier alpha value is -0.790. The molecule has 1 aromatic rings. The first-order valence-electron chi connectivity index (χ1n) is 4.11. The molecule has 2 heteroatoms. The quantitative estimate of drug-likeness (QED) is 0.652. The van der Waals surface area contributed by atoms with Crippen LogP contribution in [0.3, 0.4) is 0 Å². The smallest absolute Gasteiger partial charge is 0.140 e. The SMILES string of the molecule is CCc1onc(C)c1C(C)C. The molecule has 0 bridgehead atoms. The number of hydrogen-bond acceptors (Lipinski definition) is 2. The van der Waals surface area contributed by atoms with Gasteiger partial charge in [0, 0.05) is 12.0 Å².